The van der Waals surface area contributed by atoms with Crippen molar-refractivity contribution in [1.82, 2.24) is 5.32 Å². The van der Waals surface area contributed by atoms with Gasteiger partial charge < -0.3 is 10.2 Å². The monoisotopic (exact) mass is 363 g/mol. The number of non-ortho nitro benzene ring substituents is 1. The van der Waals surface area contributed by atoms with Crippen LogP contribution in [-0.4, -0.2) is 23.0 Å². The predicted molar refractivity (Wildman–Crippen MR) is 104 cm³/mol. The molecule has 2 aliphatic rings. The molecule has 2 heterocycles. The van der Waals surface area contributed by atoms with E-state index in [4.69, 9.17) is 0 Å². The van der Waals surface area contributed by atoms with Crippen LogP contribution in [0, 0.1) is 10.1 Å². The normalized spacial score (nSPS) is 23.0. The molecule has 0 aromatic heterocycles. The SMILES string of the molecule is CC1(C)c2ccccc2N2CCC(=O)N[C@]21/C=C/c1cccc([N+](=O)[O-])c1. The minimum absolute atomic E-state index is 0.0100. The molecule has 1 N–H and O–H groups in total. The molecule has 1 atom stereocenters. The number of anilines is 1. The van der Waals surface area contributed by atoms with Gasteiger partial charge in [-0.2, -0.15) is 0 Å². The Hall–Kier alpha value is -3.15. The van der Waals surface area contributed by atoms with Crippen LogP contribution in [0.3, 0.4) is 0 Å². The van der Waals surface area contributed by atoms with Crippen LogP contribution in [-0.2, 0) is 10.2 Å². The number of hydrogen-bond acceptors (Lipinski definition) is 4. The van der Waals surface area contributed by atoms with E-state index < -0.39 is 10.6 Å². The van der Waals surface area contributed by atoms with Crippen molar-refractivity contribution in [3.8, 4) is 0 Å². The Kier molecular flexibility index (Phi) is 3.80. The van der Waals surface area contributed by atoms with Gasteiger partial charge in [0.2, 0.25) is 5.91 Å². The maximum absolute atomic E-state index is 12.3. The second-order valence-electron chi connectivity index (χ2n) is 7.54. The molecular formula is C21H21N3O3. The Morgan fingerprint density at radius 3 is 2.74 bits per heavy atom. The Bertz CT molecular complexity index is 967. The van der Waals surface area contributed by atoms with E-state index in [1.165, 1.54) is 17.7 Å². The van der Waals surface area contributed by atoms with Gasteiger partial charge in [0.1, 0.15) is 5.66 Å². The van der Waals surface area contributed by atoms with Gasteiger partial charge in [0.25, 0.3) is 5.69 Å². The molecule has 2 aliphatic heterocycles. The van der Waals surface area contributed by atoms with Crippen LogP contribution < -0.4 is 10.2 Å². The van der Waals surface area contributed by atoms with Gasteiger partial charge in [-0.05, 0) is 23.3 Å². The number of nitrogens with zero attached hydrogens (tertiary/aromatic N) is 2. The van der Waals surface area contributed by atoms with Crippen molar-refractivity contribution < 1.29 is 9.72 Å². The van der Waals surface area contributed by atoms with E-state index in [9.17, 15) is 14.9 Å². The molecule has 0 radical (unpaired) electrons. The van der Waals surface area contributed by atoms with Crippen LogP contribution in [0.15, 0.2) is 54.6 Å². The fourth-order valence-corrected chi connectivity index (χ4v) is 4.28. The third kappa shape index (κ3) is 2.51. The van der Waals surface area contributed by atoms with Gasteiger partial charge >= 0.3 is 0 Å². The van der Waals surface area contributed by atoms with Gasteiger partial charge in [0.05, 0.1) is 4.92 Å². The highest BCUT2D eigenvalue weighted by atomic mass is 16.6. The first-order valence-electron chi connectivity index (χ1n) is 8.97. The van der Waals surface area contributed by atoms with E-state index in [2.05, 4.69) is 36.2 Å². The zero-order chi connectivity index (χ0) is 19.2. The molecule has 0 saturated carbocycles. The molecule has 0 aliphatic carbocycles. The number of para-hydroxylation sites is 1. The first-order chi connectivity index (χ1) is 12.8. The molecule has 1 saturated heterocycles. The minimum Gasteiger partial charge on any atom is -0.344 e. The van der Waals surface area contributed by atoms with Crippen molar-refractivity contribution in [2.24, 2.45) is 0 Å². The Balaban J connectivity index is 1.82. The van der Waals surface area contributed by atoms with Crippen LogP contribution in [0.25, 0.3) is 6.08 Å². The molecule has 138 valence electrons. The average molecular weight is 363 g/mol. The second-order valence-corrected chi connectivity index (χ2v) is 7.54. The molecule has 0 bridgehead atoms. The summed E-state index contributed by atoms with van der Waals surface area (Å²) >= 11 is 0. The minimum atomic E-state index is -0.712. The van der Waals surface area contributed by atoms with E-state index in [-0.39, 0.29) is 17.0 Å². The van der Waals surface area contributed by atoms with Gasteiger partial charge in [-0.3, -0.25) is 14.9 Å². The van der Waals surface area contributed by atoms with Crippen LogP contribution in [0.2, 0.25) is 0 Å². The second kappa shape index (κ2) is 5.94. The Morgan fingerprint density at radius 1 is 1.19 bits per heavy atom. The summed E-state index contributed by atoms with van der Waals surface area (Å²) in [5, 5.41) is 14.3. The van der Waals surface area contributed by atoms with Crippen LogP contribution in [0.5, 0.6) is 0 Å². The van der Waals surface area contributed by atoms with Crippen molar-refractivity contribution in [1.29, 1.82) is 0 Å². The average Bonchev–Trinajstić information content (AvgIpc) is 2.85. The lowest BCUT2D eigenvalue weighted by molar-refractivity contribution is -0.384. The first kappa shape index (κ1) is 17.3. The molecule has 1 fully saturated rings. The third-order valence-electron chi connectivity index (χ3n) is 5.74. The van der Waals surface area contributed by atoms with Crippen LogP contribution in [0.4, 0.5) is 11.4 Å². The number of hydrogen-bond donors (Lipinski definition) is 1. The fourth-order valence-electron chi connectivity index (χ4n) is 4.28. The van der Waals surface area contributed by atoms with E-state index in [1.807, 2.05) is 30.4 Å². The Labute approximate surface area is 157 Å². The van der Waals surface area contributed by atoms with E-state index in [0.29, 0.717) is 13.0 Å². The highest BCUT2D eigenvalue weighted by molar-refractivity contribution is 5.84. The molecule has 1 amide bonds. The topological polar surface area (TPSA) is 75.5 Å². The zero-order valence-electron chi connectivity index (χ0n) is 15.3. The van der Waals surface area contributed by atoms with Crippen molar-refractivity contribution in [2.45, 2.75) is 31.3 Å². The first-order valence-corrected chi connectivity index (χ1v) is 8.97. The molecule has 0 unspecified atom stereocenters. The molecule has 6 heteroatoms. The smallest absolute Gasteiger partial charge is 0.270 e. The maximum Gasteiger partial charge on any atom is 0.270 e. The third-order valence-corrected chi connectivity index (χ3v) is 5.74. The van der Waals surface area contributed by atoms with Crippen molar-refractivity contribution in [2.75, 3.05) is 11.4 Å². The van der Waals surface area contributed by atoms with E-state index in [1.54, 1.807) is 6.07 Å². The quantitative estimate of drug-likeness (QED) is 0.667. The lowest BCUT2D eigenvalue weighted by Gasteiger charge is -2.49. The molecule has 0 spiro atoms. The van der Waals surface area contributed by atoms with Gasteiger partial charge in [0, 0.05) is 36.2 Å². The molecular weight excluding hydrogens is 342 g/mol. The van der Waals surface area contributed by atoms with Crippen LogP contribution >= 0.6 is 0 Å². The Morgan fingerprint density at radius 2 is 1.96 bits per heavy atom. The number of benzene rings is 2. The largest absolute Gasteiger partial charge is 0.344 e. The van der Waals surface area contributed by atoms with Crippen molar-refractivity contribution >= 4 is 23.4 Å². The summed E-state index contributed by atoms with van der Waals surface area (Å²) in [6.07, 6.45) is 4.28. The van der Waals surface area contributed by atoms with Crippen LogP contribution in [0.1, 0.15) is 31.4 Å². The number of fused-ring (bicyclic) bond motifs is 3. The predicted octanol–water partition coefficient (Wildman–Crippen LogP) is 3.62. The summed E-state index contributed by atoms with van der Waals surface area (Å²) < 4.78 is 0. The summed E-state index contributed by atoms with van der Waals surface area (Å²) in [7, 11) is 0. The molecule has 2 aromatic rings. The summed E-state index contributed by atoms with van der Waals surface area (Å²) in [6.45, 7) is 4.87. The standard InChI is InChI=1S/C21H21N3O3/c1-20(2)17-8-3-4-9-18(17)23-13-11-19(25)22-21(20,23)12-10-15-6-5-7-16(14-15)24(26)27/h3-10,12,14H,11,13H2,1-2H3,(H,22,25)/b12-10+/t21-/m1/s1. The van der Waals surface area contributed by atoms with Crippen molar-refractivity contribution in [3.63, 3.8) is 0 Å². The van der Waals surface area contributed by atoms with E-state index in [0.717, 1.165) is 11.3 Å². The van der Waals surface area contributed by atoms with E-state index >= 15 is 0 Å². The lowest BCUT2D eigenvalue weighted by Crippen LogP contribution is -2.68. The summed E-state index contributed by atoms with van der Waals surface area (Å²) in [5.41, 5.74) is 1.99. The number of nitro benzene ring substituents is 1. The van der Waals surface area contributed by atoms with Gasteiger partial charge in [-0.25, -0.2) is 0 Å². The van der Waals surface area contributed by atoms with Gasteiger partial charge in [-0.15, -0.1) is 0 Å². The number of rotatable bonds is 3. The molecule has 6 nitrogen and oxygen atoms in total. The zero-order valence-corrected chi connectivity index (χ0v) is 15.3. The molecule has 2 aromatic carbocycles. The van der Waals surface area contributed by atoms with Gasteiger partial charge in [-0.1, -0.05) is 50.3 Å². The number of carbonyl (C=O) groups is 1. The van der Waals surface area contributed by atoms with Crippen molar-refractivity contribution in [3.05, 3.63) is 75.8 Å². The maximum atomic E-state index is 12.3. The fraction of sp³-hybridized carbons (Fsp3) is 0.286. The summed E-state index contributed by atoms with van der Waals surface area (Å²) in [6, 6.07) is 14.7. The summed E-state index contributed by atoms with van der Waals surface area (Å²) in [4.78, 5) is 25.2. The lowest BCUT2D eigenvalue weighted by atomic mass is 9.74. The summed E-state index contributed by atoms with van der Waals surface area (Å²) in [5.74, 6) is 0.0100. The number of nitrogens with one attached hydrogen (secondary N) is 1. The number of amides is 1. The highest BCUT2D eigenvalue weighted by Crippen LogP contribution is 2.52. The highest BCUT2D eigenvalue weighted by Gasteiger charge is 2.57. The number of carbonyl (C=O) groups excluding carboxylic acids is 1. The molecule has 27 heavy (non-hydrogen) atoms. The number of nitro groups is 1. The van der Waals surface area contributed by atoms with Gasteiger partial charge in [0.15, 0.2) is 0 Å². The molecule has 4 rings (SSSR count).